The first kappa shape index (κ1) is 14.3. The highest BCUT2D eigenvalue weighted by Crippen LogP contribution is 2.21. The molecule has 1 atom stereocenters. The van der Waals surface area contributed by atoms with Crippen LogP contribution in [0.3, 0.4) is 0 Å². The molecule has 2 aromatic carbocycles. The Bertz CT molecular complexity index is 536. The number of nitrogens with one attached hydrogen (secondary N) is 1. The number of aryl methyl sites for hydroxylation is 1. The van der Waals surface area contributed by atoms with Crippen LogP contribution in [0.15, 0.2) is 53.0 Å². The van der Waals surface area contributed by atoms with Crippen molar-refractivity contribution in [2.75, 3.05) is 6.54 Å². The Morgan fingerprint density at radius 2 is 1.89 bits per heavy atom. The SMILES string of the molecule is CCNC(Cc1cccc(Br)c1)c1cccc(C)c1. The van der Waals surface area contributed by atoms with Gasteiger partial charge in [-0.05, 0) is 43.1 Å². The fourth-order valence-electron chi connectivity index (χ4n) is 2.34. The van der Waals surface area contributed by atoms with Crippen LogP contribution in [-0.4, -0.2) is 6.54 Å². The molecule has 2 heteroatoms. The average Bonchev–Trinajstić information content (AvgIpc) is 2.38. The lowest BCUT2D eigenvalue weighted by atomic mass is 9.97. The van der Waals surface area contributed by atoms with Crippen LogP contribution in [0.5, 0.6) is 0 Å². The molecule has 0 saturated carbocycles. The Balaban J connectivity index is 2.21. The van der Waals surface area contributed by atoms with E-state index in [2.05, 4.69) is 83.6 Å². The summed E-state index contributed by atoms with van der Waals surface area (Å²) in [5.41, 5.74) is 4.03. The molecule has 1 unspecified atom stereocenters. The van der Waals surface area contributed by atoms with Gasteiger partial charge in [-0.25, -0.2) is 0 Å². The molecule has 0 aliphatic carbocycles. The number of likely N-dealkylation sites (N-methyl/N-ethyl adjacent to an activating group) is 1. The maximum absolute atomic E-state index is 3.58. The molecule has 0 aliphatic heterocycles. The van der Waals surface area contributed by atoms with Crippen molar-refractivity contribution in [1.82, 2.24) is 5.32 Å². The van der Waals surface area contributed by atoms with Crippen LogP contribution in [0.25, 0.3) is 0 Å². The van der Waals surface area contributed by atoms with E-state index in [0.717, 1.165) is 17.4 Å². The molecule has 0 spiro atoms. The average molecular weight is 318 g/mol. The van der Waals surface area contributed by atoms with Gasteiger partial charge in [0.05, 0.1) is 0 Å². The number of rotatable bonds is 5. The van der Waals surface area contributed by atoms with Gasteiger partial charge in [0.15, 0.2) is 0 Å². The molecule has 0 heterocycles. The summed E-state index contributed by atoms with van der Waals surface area (Å²) in [6, 6.07) is 17.7. The first-order chi connectivity index (χ1) is 9.19. The molecule has 0 aromatic heterocycles. The third-order valence-corrected chi connectivity index (χ3v) is 3.72. The van der Waals surface area contributed by atoms with Crippen LogP contribution in [-0.2, 0) is 6.42 Å². The number of hydrogen-bond acceptors (Lipinski definition) is 1. The summed E-state index contributed by atoms with van der Waals surface area (Å²) in [4.78, 5) is 0. The second-order valence-electron chi connectivity index (χ2n) is 4.86. The van der Waals surface area contributed by atoms with E-state index in [9.17, 15) is 0 Å². The van der Waals surface area contributed by atoms with Gasteiger partial charge in [0, 0.05) is 10.5 Å². The number of hydrogen-bond donors (Lipinski definition) is 1. The van der Waals surface area contributed by atoms with Gasteiger partial charge in [-0.3, -0.25) is 0 Å². The van der Waals surface area contributed by atoms with E-state index in [1.807, 2.05) is 0 Å². The highest BCUT2D eigenvalue weighted by Gasteiger charge is 2.11. The highest BCUT2D eigenvalue weighted by molar-refractivity contribution is 9.10. The maximum atomic E-state index is 3.58. The second kappa shape index (κ2) is 6.88. The topological polar surface area (TPSA) is 12.0 Å². The van der Waals surface area contributed by atoms with Gasteiger partial charge in [-0.1, -0.05) is 64.8 Å². The molecule has 1 N–H and O–H groups in total. The summed E-state index contributed by atoms with van der Waals surface area (Å²) in [7, 11) is 0. The summed E-state index contributed by atoms with van der Waals surface area (Å²) in [6.07, 6.45) is 1.01. The van der Waals surface area contributed by atoms with Crippen LogP contribution in [0.4, 0.5) is 0 Å². The van der Waals surface area contributed by atoms with Gasteiger partial charge in [0.2, 0.25) is 0 Å². The largest absolute Gasteiger partial charge is 0.310 e. The van der Waals surface area contributed by atoms with Crippen LogP contribution in [0.2, 0.25) is 0 Å². The Hall–Kier alpha value is -1.12. The third-order valence-electron chi connectivity index (χ3n) is 3.22. The lowest BCUT2D eigenvalue weighted by Crippen LogP contribution is -2.23. The summed E-state index contributed by atoms with van der Waals surface area (Å²) >= 11 is 3.54. The number of benzene rings is 2. The zero-order valence-electron chi connectivity index (χ0n) is 11.5. The Morgan fingerprint density at radius 3 is 2.58 bits per heavy atom. The van der Waals surface area contributed by atoms with E-state index >= 15 is 0 Å². The Morgan fingerprint density at radius 1 is 1.11 bits per heavy atom. The zero-order valence-corrected chi connectivity index (χ0v) is 13.1. The van der Waals surface area contributed by atoms with Gasteiger partial charge in [-0.2, -0.15) is 0 Å². The first-order valence-electron chi connectivity index (χ1n) is 6.73. The molecule has 100 valence electrons. The van der Waals surface area contributed by atoms with Crippen LogP contribution < -0.4 is 5.32 Å². The predicted molar refractivity (Wildman–Crippen MR) is 85.4 cm³/mol. The van der Waals surface area contributed by atoms with E-state index in [-0.39, 0.29) is 0 Å². The van der Waals surface area contributed by atoms with E-state index < -0.39 is 0 Å². The molecular weight excluding hydrogens is 298 g/mol. The maximum Gasteiger partial charge on any atom is 0.0360 e. The van der Waals surface area contributed by atoms with Crippen molar-refractivity contribution in [3.05, 3.63) is 69.7 Å². The van der Waals surface area contributed by atoms with Gasteiger partial charge < -0.3 is 5.32 Å². The van der Waals surface area contributed by atoms with Gasteiger partial charge >= 0.3 is 0 Å². The Kier molecular flexibility index (Phi) is 5.17. The third kappa shape index (κ3) is 4.19. The molecule has 2 rings (SSSR count). The summed E-state index contributed by atoms with van der Waals surface area (Å²) in [5, 5.41) is 3.58. The molecule has 19 heavy (non-hydrogen) atoms. The monoisotopic (exact) mass is 317 g/mol. The number of halogens is 1. The van der Waals surface area contributed by atoms with E-state index in [4.69, 9.17) is 0 Å². The minimum atomic E-state index is 0.374. The molecule has 0 radical (unpaired) electrons. The second-order valence-corrected chi connectivity index (χ2v) is 5.77. The van der Waals surface area contributed by atoms with Gasteiger partial charge in [0.25, 0.3) is 0 Å². The molecule has 0 bridgehead atoms. The summed E-state index contributed by atoms with van der Waals surface area (Å²) < 4.78 is 1.14. The summed E-state index contributed by atoms with van der Waals surface area (Å²) in [6.45, 7) is 5.28. The predicted octanol–water partition coefficient (Wildman–Crippen LogP) is 4.65. The molecule has 2 aromatic rings. The minimum absolute atomic E-state index is 0.374. The van der Waals surface area contributed by atoms with Crippen molar-refractivity contribution in [2.45, 2.75) is 26.3 Å². The van der Waals surface area contributed by atoms with E-state index in [1.54, 1.807) is 0 Å². The zero-order chi connectivity index (χ0) is 13.7. The minimum Gasteiger partial charge on any atom is -0.310 e. The lowest BCUT2D eigenvalue weighted by molar-refractivity contribution is 0.549. The molecule has 0 aliphatic rings. The fraction of sp³-hybridized carbons (Fsp3) is 0.294. The van der Waals surface area contributed by atoms with Crippen LogP contribution in [0.1, 0.15) is 29.7 Å². The molecule has 0 fully saturated rings. The van der Waals surface area contributed by atoms with Crippen molar-refractivity contribution in [3.8, 4) is 0 Å². The Labute approximate surface area is 124 Å². The van der Waals surface area contributed by atoms with Crippen molar-refractivity contribution < 1.29 is 0 Å². The quantitative estimate of drug-likeness (QED) is 0.846. The first-order valence-corrected chi connectivity index (χ1v) is 7.52. The van der Waals surface area contributed by atoms with E-state index in [1.165, 1.54) is 16.7 Å². The van der Waals surface area contributed by atoms with E-state index in [0.29, 0.717) is 6.04 Å². The molecule has 0 saturated heterocycles. The smallest absolute Gasteiger partial charge is 0.0360 e. The van der Waals surface area contributed by atoms with Gasteiger partial charge in [-0.15, -0.1) is 0 Å². The standard InChI is InChI=1S/C17H20BrN/c1-3-19-17(15-8-4-6-13(2)10-15)12-14-7-5-9-16(18)11-14/h4-11,17,19H,3,12H2,1-2H3. The molecular formula is C17H20BrN. The molecule has 1 nitrogen and oxygen atoms in total. The summed E-state index contributed by atoms with van der Waals surface area (Å²) in [5.74, 6) is 0. The highest BCUT2D eigenvalue weighted by atomic mass is 79.9. The van der Waals surface area contributed by atoms with Crippen molar-refractivity contribution in [2.24, 2.45) is 0 Å². The van der Waals surface area contributed by atoms with Crippen LogP contribution in [0, 0.1) is 6.92 Å². The normalized spacial score (nSPS) is 12.4. The van der Waals surface area contributed by atoms with Crippen molar-refractivity contribution >= 4 is 15.9 Å². The van der Waals surface area contributed by atoms with Crippen LogP contribution >= 0.6 is 15.9 Å². The molecule has 0 amide bonds. The lowest BCUT2D eigenvalue weighted by Gasteiger charge is -2.19. The van der Waals surface area contributed by atoms with Gasteiger partial charge in [0.1, 0.15) is 0 Å². The fourth-order valence-corrected chi connectivity index (χ4v) is 2.79. The van der Waals surface area contributed by atoms with Crippen molar-refractivity contribution in [3.63, 3.8) is 0 Å². The van der Waals surface area contributed by atoms with Crippen molar-refractivity contribution in [1.29, 1.82) is 0 Å².